The first-order valence-electron chi connectivity index (χ1n) is 7.11. The highest BCUT2D eigenvalue weighted by Gasteiger charge is 2.23. The van der Waals surface area contributed by atoms with Crippen LogP contribution in [0.15, 0.2) is 0 Å². The summed E-state index contributed by atoms with van der Waals surface area (Å²) in [5.41, 5.74) is 0. The molecule has 0 atom stereocenters. The predicted molar refractivity (Wildman–Crippen MR) is 76.4 cm³/mol. The molecule has 0 aromatic heterocycles. The van der Waals surface area contributed by atoms with Gasteiger partial charge in [0.15, 0.2) is 0 Å². The average Bonchev–Trinajstić information content (AvgIpc) is 2.32. The van der Waals surface area contributed by atoms with Crippen LogP contribution in [0.25, 0.3) is 0 Å². The Hall–Kier alpha value is -0.0500. The van der Waals surface area contributed by atoms with Gasteiger partial charge in [0.1, 0.15) is 0 Å². The molecule has 0 heterocycles. The van der Waals surface area contributed by atoms with Crippen LogP contribution in [-0.2, 0) is 4.79 Å². The third-order valence-electron chi connectivity index (χ3n) is 3.65. The monoisotopic (exact) mass is 303 g/mol. The Bertz CT molecular complexity index is 218. The lowest BCUT2D eigenvalue weighted by atomic mass is 9.93. The van der Waals surface area contributed by atoms with Crippen LogP contribution in [0.2, 0.25) is 0 Å². The van der Waals surface area contributed by atoms with Crippen LogP contribution in [0, 0.1) is 5.92 Å². The van der Waals surface area contributed by atoms with Crippen LogP contribution >= 0.6 is 15.9 Å². The second-order valence-corrected chi connectivity index (χ2v) is 6.53. The standard InChI is InChI=1S/C14H26BrNO/c1-3-5-11(6-4-2)14(17)16-13-9-7-12(15)8-10-13/h11-13H,3-10H2,1-2H3,(H,16,17). The van der Waals surface area contributed by atoms with Crippen LogP contribution in [0.5, 0.6) is 0 Å². The maximum Gasteiger partial charge on any atom is 0.223 e. The molecule has 3 heteroatoms. The molecule has 0 aromatic rings. The summed E-state index contributed by atoms with van der Waals surface area (Å²) in [4.78, 5) is 12.8. The molecule has 0 unspecified atom stereocenters. The second kappa shape index (κ2) is 8.12. The largest absolute Gasteiger partial charge is 0.353 e. The van der Waals surface area contributed by atoms with E-state index in [1.165, 1.54) is 12.8 Å². The maximum absolute atomic E-state index is 12.2. The fraction of sp³-hybridized carbons (Fsp3) is 0.929. The first-order chi connectivity index (χ1) is 8.17. The minimum Gasteiger partial charge on any atom is -0.353 e. The molecule has 0 saturated heterocycles. The van der Waals surface area contributed by atoms with Gasteiger partial charge in [-0.1, -0.05) is 42.6 Å². The fourth-order valence-electron chi connectivity index (χ4n) is 2.62. The van der Waals surface area contributed by atoms with Crippen molar-refractivity contribution in [1.82, 2.24) is 5.32 Å². The topological polar surface area (TPSA) is 29.1 Å². The Balaban J connectivity index is 2.35. The number of carbonyl (C=O) groups excluding carboxylic acids is 1. The minimum atomic E-state index is 0.242. The summed E-state index contributed by atoms with van der Waals surface area (Å²) >= 11 is 3.65. The van der Waals surface area contributed by atoms with E-state index >= 15 is 0 Å². The average molecular weight is 304 g/mol. The first-order valence-corrected chi connectivity index (χ1v) is 8.03. The summed E-state index contributed by atoms with van der Waals surface area (Å²) in [5, 5.41) is 3.25. The lowest BCUT2D eigenvalue weighted by Gasteiger charge is -2.27. The van der Waals surface area contributed by atoms with Crippen LogP contribution in [-0.4, -0.2) is 16.8 Å². The van der Waals surface area contributed by atoms with Crippen LogP contribution in [0.1, 0.15) is 65.2 Å². The van der Waals surface area contributed by atoms with Crippen molar-refractivity contribution in [2.75, 3.05) is 0 Å². The number of nitrogens with one attached hydrogen (secondary N) is 1. The number of hydrogen-bond donors (Lipinski definition) is 1. The Labute approximate surface area is 114 Å². The number of carbonyl (C=O) groups is 1. The molecule has 0 bridgehead atoms. The molecule has 100 valence electrons. The summed E-state index contributed by atoms with van der Waals surface area (Å²) in [5.74, 6) is 0.540. The van der Waals surface area contributed by atoms with E-state index in [-0.39, 0.29) is 5.92 Å². The highest BCUT2D eigenvalue weighted by molar-refractivity contribution is 9.09. The van der Waals surface area contributed by atoms with Gasteiger partial charge in [-0.15, -0.1) is 0 Å². The lowest BCUT2D eigenvalue weighted by Crippen LogP contribution is -2.41. The Kier molecular flexibility index (Phi) is 7.17. The molecule has 2 nitrogen and oxygen atoms in total. The fourth-order valence-corrected chi connectivity index (χ4v) is 3.15. The van der Waals surface area contributed by atoms with Crippen molar-refractivity contribution < 1.29 is 4.79 Å². The van der Waals surface area contributed by atoms with E-state index in [9.17, 15) is 4.79 Å². The van der Waals surface area contributed by atoms with E-state index in [0.29, 0.717) is 16.8 Å². The van der Waals surface area contributed by atoms with E-state index in [4.69, 9.17) is 0 Å². The van der Waals surface area contributed by atoms with Gasteiger partial charge in [0.25, 0.3) is 0 Å². The zero-order chi connectivity index (χ0) is 12.7. The molecule has 1 fully saturated rings. The zero-order valence-electron chi connectivity index (χ0n) is 11.2. The molecular weight excluding hydrogens is 278 g/mol. The Morgan fingerprint density at radius 1 is 1.18 bits per heavy atom. The molecular formula is C14H26BrNO. The minimum absolute atomic E-state index is 0.242. The summed E-state index contributed by atoms with van der Waals surface area (Å²) in [6, 6.07) is 0.424. The van der Waals surface area contributed by atoms with Crippen molar-refractivity contribution in [1.29, 1.82) is 0 Å². The van der Waals surface area contributed by atoms with Gasteiger partial charge in [-0.3, -0.25) is 4.79 Å². The quantitative estimate of drug-likeness (QED) is 0.738. The van der Waals surface area contributed by atoms with E-state index in [0.717, 1.165) is 38.5 Å². The van der Waals surface area contributed by atoms with Crippen LogP contribution in [0.3, 0.4) is 0 Å². The van der Waals surface area contributed by atoms with Crippen molar-refractivity contribution >= 4 is 21.8 Å². The molecule has 0 spiro atoms. The molecule has 0 aromatic carbocycles. The lowest BCUT2D eigenvalue weighted by molar-refractivity contribution is -0.126. The normalized spacial score (nSPS) is 24.9. The number of rotatable bonds is 6. The number of hydrogen-bond acceptors (Lipinski definition) is 1. The van der Waals surface area contributed by atoms with Gasteiger partial charge in [0, 0.05) is 16.8 Å². The molecule has 1 amide bonds. The van der Waals surface area contributed by atoms with Gasteiger partial charge in [-0.25, -0.2) is 0 Å². The van der Waals surface area contributed by atoms with E-state index in [1.807, 2.05) is 0 Å². The number of amides is 1. The zero-order valence-corrected chi connectivity index (χ0v) is 12.8. The van der Waals surface area contributed by atoms with E-state index < -0.39 is 0 Å². The number of alkyl halides is 1. The van der Waals surface area contributed by atoms with Gasteiger partial charge in [-0.2, -0.15) is 0 Å². The smallest absolute Gasteiger partial charge is 0.223 e. The van der Waals surface area contributed by atoms with Crippen LogP contribution < -0.4 is 5.32 Å². The Morgan fingerprint density at radius 3 is 2.18 bits per heavy atom. The highest BCUT2D eigenvalue weighted by atomic mass is 79.9. The first kappa shape index (κ1) is 15.0. The van der Waals surface area contributed by atoms with Crippen molar-refractivity contribution in [2.24, 2.45) is 5.92 Å². The molecule has 1 N–H and O–H groups in total. The van der Waals surface area contributed by atoms with Crippen molar-refractivity contribution in [3.05, 3.63) is 0 Å². The van der Waals surface area contributed by atoms with Gasteiger partial charge in [-0.05, 0) is 38.5 Å². The third-order valence-corrected chi connectivity index (χ3v) is 4.56. The SMILES string of the molecule is CCCC(CCC)C(=O)NC1CCC(Br)CC1. The van der Waals surface area contributed by atoms with E-state index in [1.54, 1.807) is 0 Å². The second-order valence-electron chi connectivity index (χ2n) is 5.23. The highest BCUT2D eigenvalue weighted by Crippen LogP contribution is 2.25. The molecule has 1 rings (SSSR count). The summed E-state index contributed by atoms with van der Waals surface area (Å²) in [6.45, 7) is 4.32. The molecule has 0 radical (unpaired) electrons. The van der Waals surface area contributed by atoms with E-state index in [2.05, 4.69) is 35.1 Å². The molecule has 1 saturated carbocycles. The third kappa shape index (κ3) is 5.41. The molecule has 0 aliphatic heterocycles. The Morgan fingerprint density at radius 2 is 1.71 bits per heavy atom. The van der Waals surface area contributed by atoms with Crippen molar-refractivity contribution in [3.63, 3.8) is 0 Å². The van der Waals surface area contributed by atoms with Gasteiger partial charge in [0.05, 0.1) is 0 Å². The maximum atomic E-state index is 12.2. The van der Waals surface area contributed by atoms with Crippen LogP contribution in [0.4, 0.5) is 0 Å². The summed E-state index contributed by atoms with van der Waals surface area (Å²) < 4.78 is 0. The summed E-state index contributed by atoms with van der Waals surface area (Å²) in [7, 11) is 0. The van der Waals surface area contributed by atoms with Crippen molar-refractivity contribution in [3.8, 4) is 0 Å². The van der Waals surface area contributed by atoms with Gasteiger partial charge >= 0.3 is 0 Å². The molecule has 1 aliphatic carbocycles. The molecule has 1 aliphatic rings. The van der Waals surface area contributed by atoms with Crippen molar-refractivity contribution in [2.45, 2.75) is 76.1 Å². The number of halogens is 1. The van der Waals surface area contributed by atoms with Gasteiger partial charge < -0.3 is 5.32 Å². The predicted octanol–water partition coefficient (Wildman–Crippen LogP) is 4.03. The van der Waals surface area contributed by atoms with Gasteiger partial charge in [0.2, 0.25) is 5.91 Å². The molecule has 17 heavy (non-hydrogen) atoms. The summed E-state index contributed by atoms with van der Waals surface area (Å²) in [6.07, 6.45) is 8.92.